The molecule has 1 aromatic heterocycles. The summed E-state index contributed by atoms with van der Waals surface area (Å²) in [6.07, 6.45) is 16.9. The van der Waals surface area contributed by atoms with E-state index in [2.05, 4.69) is 20.9 Å². The van der Waals surface area contributed by atoms with E-state index in [1.54, 1.807) is 24.4 Å². The number of hydrogen-bond donors (Lipinski definition) is 1. The van der Waals surface area contributed by atoms with E-state index in [1.165, 1.54) is 19.4 Å². The molecule has 1 N–H and O–H groups in total. The van der Waals surface area contributed by atoms with E-state index in [9.17, 15) is 4.79 Å². The number of carbonyl (C=O) groups is 1. The molecule has 8 heteroatoms. The van der Waals surface area contributed by atoms with Crippen molar-refractivity contribution in [2.45, 2.75) is 25.5 Å². The molecule has 1 atom stereocenters. The van der Waals surface area contributed by atoms with Crippen LogP contribution < -0.4 is 14.8 Å². The van der Waals surface area contributed by atoms with Gasteiger partial charge in [0, 0.05) is 6.42 Å². The van der Waals surface area contributed by atoms with Gasteiger partial charge >= 0.3 is 174 Å². The summed E-state index contributed by atoms with van der Waals surface area (Å²) in [6, 6.07) is 5.34. The Morgan fingerprint density at radius 3 is 3.06 bits per heavy atom. The normalized spacial score (nSPS) is 19.6. The van der Waals surface area contributed by atoms with E-state index in [1.807, 2.05) is 36.7 Å². The first-order chi connectivity index (χ1) is 15.7. The van der Waals surface area contributed by atoms with Gasteiger partial charge in [-0.05, 0) is 0 Å². The number of carbonyl (C=O) groups excluding carboxylic acids is 1. The van der Waals surface area contributed by atoms with E-state index in [0.29, 0.717) is 36.9 Å². The number of benzene rings is 1. The van der Waals surface area contributed by atoms with Crippen molar-refractivity contribution in [2.24, 2.45) is 0 Å². The summed E-state index contributed by atoms with van der Waals surface area (Å²) >= 11 is 1.33. The van der Waals surface area contributed by atoms with Crippen LogP contribution in [0.1, 0.15) is 29.0 Å². The molecule has 4 rings (SSSR count). The van der Waals surface area contributed by atoms with Gasteiger partial charge in [-0.3, -0.25) is 0 Å². The Bertz CT molecular complexity index is 1050. The Morgan fingerprint density at radius 1 is 1.25 bits per heavy atom. The van der Waals surface area contributed by atoms with Crippen LogP contribution in [0.3, 0.4) is 0 Å². The van der Waals surface area contributed by atoms with Crippen LogP contribution in [0.2, 0.25) is 0 Å². The van der Waals surface area contributed by atoms with Gasteiger partial charge in [0.2, 0.25) is 0 Å². The fourth-order valence-corrected chi connectivity index (χ4v) is 4.30. The number of aromatic nitrogens is 2. The number of nitrogens with one attached hydrogen (secondary N) is 1. The Morgan fingerprint density at radius 2 is 2.19 bits per heavy atom. The number of ether oxygens (including phenoxy) is 3. The number of hydrogen-bond acceptors (Lipinski definition) is 5. The standard InChI is InChI=1S/C24H25N3O4.W/c28-24-21-17-19(31-20-10-16-29-18-20)8-9-22(21)30-15-6-2-5-13-27-14-12-25-23(27)7-3-1-4-11-26-24;/h1-4,6,8-9,11-12,14,17,20H,5,10,13,15-16,18H2,(H,26,28);. The predicted octanol–water partition coefficient (Wildman–Crippen LogP) is 2.96. The van der Waals surface area contributed by atoms with E-state index in [-0.39, 0.29) is 12.0 Å². The average Bonchev–Trinajstić information content (AvgIpc) is 3.48. The Hall–Kier alpha value is -2.76. The Balaban J connectivity index is 1.54. The molecular formula is C24H25N3O4W. The molecule has 32 heavy (non-hydrogen) atoms. The molecule has 1 amide bonds. The summed E-state index contributed by atoms with van der Waals surface area (Å²) in [4.78, 5) is 17.3. The molecule has 3 heterocycles. The van der Waals surface area contributed by atoms with Gasteiger partial charge in [0.25, 0.3) is 0 Å². The molecule has 2 aliphatic heterocycles. The number of imidazole rings is 1. The van der Waals surface area contributed by atoms with Crippen LogP contribution in [-0.2, 0) is 30.6 Å². The molecule has 7 nitrogen and oxygen atoms in total. The molecule has 1 fully saturated rings. The molecule has 0 bridgehead atoms. The van der Waals surface area contributed by atoms with Crippen molar-refractivity contribution in [3.63, 3.8) is 0 Å². The molecule has 2 aliphatic rings. The van der Waals surface area contributed by atoms with Crippen LogP contribution in [0, 0.1) is 0 Å². The first kappa shape index (κ1) is 22.4. The summed E-state index contributed by atoms with van der Waals surface area (Å²) in [5, 5.41) is 2.81. The zero-order valence-electron chi connectivity index (χ0n) is 17.6. The second-order valence-electron chi connectivity index (χ2n) is 7.33. The summed E-state index contributed by atoms with van der Waals surface area (Å²) < 4.78 is 20.5. The fourth-order valence-electron chi connectivity index (χ4n) is 3.41. The quantitative estimate of drug-likeness (QED) is 0.535. The molecule has 1 saturated heterocycles. The van der Waals surface area contributed by atoms with Crippen LogP contribution in [-0.4, -0.2) is 45.3 Å². The van der Waals surface area contributed by atoms with Gasteiger partial charge in [0.1, 0.15) is 0 Å². The van der Waals surface area contributed by atoms with Crippen LogP contribution in [0.4, 0.5) is 0 Å². The predicted molar refractivity (Wildman–Crippen MR) is 118 cm³/mol. The molecule has 0 radical (unpaired) electrons. The van der Waals surface area contributed by atoms with Crippen LogP contribution >= 0.6 is 0 Å². The zero-order valence-corrected chi connectivity index (χ0v) is 20.5. The van der Waals surface area contributed by atoms with Crippen molar-refractivity contribution in [1.29, 1.82) is 0 Å². The average molecular weight is 603 g/mol. The Labute approximate surface area is 198 Å². The fraction of sp³-hybridized carbons (Fsp3) is 0.292. The summed E-state index contributed by atoms with van der Waals surface area (Å²) in [5.74, 6) is 1.86. The maximum absolute atomic E-state index is 12.9. The number of fused-ring (bicyclic) bond motifs is 2. The second-order valence-corrected chi connectivity index (χ2v) is 8.91. The topological polar surface area (TPSA) is 74.6 Å². The number of aryl methyl sites for hydroxylation is 1. The first-order valence-electron chi connectivity index (χ1n) is 10.6. The zero-order chi connectivity index (χ0) is 22.2. The molecule has 2 aromatic rings. The molecule has 1 unspecified atom stereocenters. The van der Waals surface area contributed by atoms with Gasteiger partial charge in [-0.15, -0.1) is 0 Å². The molecule has 0 saturated carbocycles. The molecule has 0 aliphatic carbocycles. The van der Waals surface area contributed by atoms with Gasteiger partial charge in [-0.1, -0.05) is 0 Å². The number of allylic oxidation sites excluding steroid dienone is 4. The van der Waals surface area contributed by atoms with Gasteiger partial charge in [-0.2, -0.15) is 0 Å². The number of rotatable bonds is 2. The van der Waals surface area contributed by atoms with E-state index in [4.69, 9.17) is 14.2 Å². The summed E-state index contributed by atoms with van der Waals surface area (Å²) in [5.41, 5.74) is 0.431. The van der Waals surface area contributed by atoms with Crippen molar-refractivity contribution in [3.8, 4) is 11.5 Å². The minimum absolute atomic E-state index is 0.0106. The number of amides is 1. The Kier molecular flexibility index (Phi) is 7.86. The van der Waals surface area contributed by atoms with Gasteiger partial charge in [0.05, 0.1) is 13.2 Å². The minimum atomic E-state index is -0.257. The molecular weight excluding hydrogens is 578 g/mol. The third kappa shape index (κ3) is 5.93. The van der Waals surface area contributed by atoms with Gasteiger partial charge < -0.3 is 4.74 Å². The van der Waals surface area contributed by atoms with E-state index >= 15 is 0 Å². The monoisotopic (exact) mass is 603 g/mol. The van der Waals surface area contributed by atoms with Crippen molar-refractivity contribution >= 4 is 9.81 Å². The molecule has 166 valence electrons. The van der Waals surface area contributed by atoms with Crippen molar-refractivity contribution < 1.29 is 38.4 Å². The maximum atomic E-state index is 12.9. The van der Waals surface area contributed by atoms with Crippen LogP contribution in [0.5, 0.6) is 11.5 Å². The van der Waals surface area contributed by atoms with Crippen molar-refractivity contribution in [2.75, 3.05) is 19.8 Å². The third-order valence-electron chi connectivity index (χ3n) is 5.03. The second kappa shape index (κ2) is 11.2. The van der Waals surface area contributed by atoms with Crippen molar-refractivity contribution in [1.82, 2.24) is 14.9 Å². The van der Waals surface area contributed by atoms with Crippen LogP contribution in [0.15, 0.2) is 67.2 Å². The first-order valence-corrected chi connectivity index (χ1v) is 12.0. The number of nitrogens with zero attached hydrogens (tertiary/aromatic N) is 2. The SMILES string of the molecule is O=C1NC=CC=C[C](=[W])c2nccn2CCC=CCOc2ccc(OC3CCOC3)cc21. The summed E-state index contributed by atoms with van der Waals surface area (Å²) in [7, 11) is 0. The van der Waals surface area contributed by atoms with Gasteiger partial charge in [0.15, 0.2) is 0 Å². The third-order valence-corrected chi connectivity index (χ3v) is 6.17. The van der Waals surface area contributed by atoms with E-state index in [0.717, 1.165) is 29.1 Å². The van der Waals surface area contributed by atoms with Crippen molar-refractivity contribution in [3.05, 3.63) is 78.6 Å². The van der Waals surface area contributed by atoms with E-state index < -0.39 is 0 Å². The van der Waals surface area contributed by atoms with Gasteiger partial charge in [-0.25, -0.2) is 0 Å². The molecule has 0 spiro atoms. The summed E-state index contributed by atoms with van der Waals surface area (Å²) in [6.45, 7) is 2.48. The van der Waals surface area contributed by atoms with Crippen LogP contribution in [0.25, 0.3) is 0 Å². The molecule has 1 aromatic carbocycles.